The van der Waals surface area contributed by atoms with Crippen LogP contribution in [0.3, 0.4) is 0 Å². The predicted molar refractivity (Wildman–Crippen MR) is 121 cm³/mol. The van der Waals surface area contributed by atoms with Gasteiger partial charge in [0.05, 0.1) is 12.9 Å². The number of nitrogens with zero attached hydrogens (tertiary/aromatic N) is 2. The van der Waals surface area contributed by atoms with E-state index in [4.69, 9.17) is 0 Å². The molecule has 5 N–H and O–H groups in total. The van der Waals surface area contributed by atoms with Gasteiger partial charge in [-0.1, -0.05) is 13.8 Å². The van der Waals surface area contributed by atoms with Crippen molar-refractivity contribution in [2.24, 2.45) is 5.92 Å². The number of hydrogen-bond donors (Lipinski definition) is 5. The number of imidazole rings is 1. The Hall–Kier alpha value is -3.28. The van der Waals surface area contributed by atoms with Gasteiger partial charge in [-0.15, -0.1) is 0 Å². The van der Waals surface area contributed by atoms with E-state index in [-0.39, 0.29) is 18.2 Å². The van der Waals surface area contributed by atoms with E-state index >= 15 is 0 Å². The van der Waals surface area contributed by atoms with E-state index < -0.39 is 48.5 Å². The van der Waals surface area contributed by atoms with Crippen LogP contribution in [0.25, 0.3) is 0 Å². The molecule has 12 heteroatoms. The lowest BCUT2D eigenvalue weighted by Gasteiger charge is -2.27. The first kappa shape index (κ1) is 27.0. The monoisotopic (exact) mass is 478 g/mol. The molecular formula is C22H34N6O6. The molecule has 1 fully saturated rings. The number of nitrogens with one attached hydrogen (secondary N) is 4. The molecule has 0 spiro atoms. The van der Waals surface area contributed by atoms with E-state index in [1.807, 2.05) is 13.8 Å². The second-order valence-corrected chi connectivity index (χ2v) is 8.84. The van der Waals surface area contributed by atoms with Crippen molar-refractivity contribution in [3.63, 3.8) is 0 Å². The number of carbonyl (C=O) groups excluding carboxylic acids is 5. The summed E-state index contributed by atoms with van der Waals surface area (Å²) in [5.74, 6) is -1.79. The zero-order chi connectivity index (χ0) is 25.3. The highest BCUT2D eigenvalue weighted by atomic mass is 16.3. The molecule has 2 rings (SSSR count). The van der Waals surface area contributed by atoms with Crippen molar-refractivity contribution in [1.29, 1.82) is 0 Å². The first-order chi connectivity index (χ1) is 16.2. The number of aliphatic hydroxyl groups is 1. The molecule has 1 aliphatic rings. The standard InChI is InChI=1S/C22H34N6O6/c1-13(2)7-17(27-22(34)19-5-4-6-28(19)14(3)31)21(33)26-18(8-15-9-23-12-24-15)20(32)25-16(10-29)11-30/h9-10,12-13,16-19,30H,4-8,11H2,1-3H3,(H,23,24)(H,25,32)(H,26,33)(H,27,34). The molecule has 12 nitrogen and oxygen atoms in total. The number of carbonyl (C=O) groups is 5. The molecule has 4 amide bonds. The zero-order valence-electron chi connectivity index (χ0n) is 19.7. The summed E-state index contributed by atoms with van der Waals surface area (Å²) in [6.45, 7) is 5.11. The predicted octanol–water partition coefficient (Wildman–Crippen LogP) is -1.35. The Labute approximate surface area is 198 Å². The molecular weight excluding hydrogens is 444 g/mol. The molecule has 1 aromatic heterocycles. The molecule has 0 aromatic carbocycles. The van der Waals surface area contributed by atoms with E-state index in [2.05, 4.69) is 25.9 Å². The van der Waals surface area contributed by atoms with Crippen LogP contribution >= 0.6 is 0 Å². The van der Waals surface area contributed by atoms with Crippen LogP contribution in [0, 0.1) is 5.92 Å². The molecule has 4 unspecified atom stereocenters. The van der Waals surface area contributed by atoms with Crippen LogP contribution in [-0.2, 0) is 30.4 Å². The molecule has 1 aromatic rings. The molecule has 0 aliphatic carbocycles. The SMILES string of the molecule is CC(=O)N1CCCC1C(=O)NC(CC(C)C)C(=O)NC(Cc1cnc[nH]1)C(=O)NC(C=O)CO. The molecule has 188 valence electrons. The van der Waals surface area contributed by atoms with Crippen LogP contribution in [0.4, 0.5) is 0 Å². The number of amides is 4. The van der Waals surface area contributed by atoms with Crippen molar-refractivity contribution in [3.8, 4) is 0 Å². The average molecular weight is 479 g/mol. The van der Waals surface area contributed by atoms with Crippen molar-refractivity contribution in [1.82, 2.24) is 30.8 Å². The number of aromatic nitrogens is 2. The maximum absolute atomic E-state index is 13.2. The summed E-state index contributed by atoms with van der Waals surface area (Å²) >= 11 is 0. The summed E-state index contributed by atoms with van der Waals surface area (Å²) in [6.07, 6.45) is 4.91. The molecule has 0 radical (unpaired) electrons. The van der Waals surface area contributed by atoms with Crippen LogP contribution in [0.15, 0.2) is 12.5 Å². The smallest absolute Gasteiger partial charge is 0.243 e. The van der Waals surface area contributed by atoms with Gasteiger partial charge in [0.15, 0.2) is 0 Å². The minimum atomic E-state index is -1.11. The van der Waals surface area contributed by atoms with Gasteiger partial charge in [0.2, 0.25) is 23.6 Å². The number of aromatic amines is 1. The molecule has 34 heavy (non-hydrogen) atoms. The lowest BCUT2D eigenvalue weighted by atomic mass is 10.0. The number of likely N-dealkylation sites (tertiary alicyclic amines) is 1. The number of hydrogen-bond acceptors (Lipinski definition) is 7. The molecule has 1 aliphatic heterocycles. The van der Waals surface area contributed by atoms with Gasteiger partial charge in [-0.05, 0) is 25.2 Å². The number of H-pyrrole nitrogens is 1. The third-order valence-corrected chi connectivity index (χ3v) is 5.60. The van der Waals surface area contributed by atoms with E-state index in [9.17, 15) is 29.1 Å². The van der Waals surface area contributed by atoms with Gasteiger partial charge >= 0.3 is 0 Å². The molecule has 2 heterocycles. The molecule has 0 bridgehead atoms. The van der Waals surface area contributed by atoms with Crippen LogP contribution in [0.1, 0.15) is 45.7 Å². The summed E-state index contributed by atoms with van der Waals surface area (Å²) in [5.41, 5.74) is 0.569. The van der Waals surface area contributed by atoms with Gasteiger partial charge in [-0.3, -0.25) is 19.2 Å². The fraction of sp³-hybridized carbons (Fsp3) is 0.636. The van der Waals surface area contributed by atoms with Crippen LogP contribution in [0.5, 0.6) is 0 Å². The topological polar surface area (TPSA) is 174 Å². The van der Waals surface area contributed by atoms with Crippen molar-refractivity contribution < 1.29 is 29.1 Å². The quantitative estimate of drug-likeness (QED) is 0.231. The highest BCUT2D eigenvalue weighted by Gasteiger charge is 2.35. The lowest BCUT2D eigenvalue weighted by molar-refractivity contribution is -0.138. The summed E-state index contributed by atoms with van der Waals surface area (Å²) in [6, 6.07) is -3.77. The van der Waals surface area contributed by atoms with Gasteiger partial charge in [0, 0.05) is 31.8 Å². The number of aldehydes is 1. The maximum Gasteiger partial charge on any atom is 0.243 e. The first-order valence-corrected chi connectivity index (χ1v) is 11.4. The second-order valence-electron chi connectivity index (χ2n) is 8.84. The number of rotatable bonds is 12. The average Bonchev–Trinajstić information content (AvgIpc) is 3.48. The van der Waals surface area contributed by atoms with Crippen LogP contribution in [0.2, 0.25) is 0 Å². The van der Waals surface area contributed by atoms with Crippen LogP contribution < -0.4 is 16.0 Å². The Morgan fingerprint density at radius 1 is 1.21 bits per heavy atom. The van der Waals surface area contributed by atoms with E-state index in [1.165, 1.54) is 24.3 Å². The zero-order valence-corrected chi connectivity index (χ0v) is 19.7. The van der Waals surface area contributed by atoms with Gasteiger partial charge in [-0.2, -0.15) is 0 Å². The van der Waals surface area contributed by atoms with Gasteiger partial charge in [0.25, 0.3) is 0 Å². The fourth-order valence-electron chi connectivity index (χ4n) is 3.89. The van der Waals surface area contributed by atoms with Crippen molar-refractivity contribution in [2.45, 2.75) is 70.6 Å². The van der Waals surface area contributed by atoms with Crippen molar-refractivity contribution in [3.05, 3.63) is 18.2 Å². The summed E-state index contributed by atoms with van der Waals surface area (Å²) < 4.78 is 0. The Bertz CT molecular complexity index is 858. The normalized spacial score (nSPS) is 18.1. The largest absolute Gasteiger partial charge is 0.394 e. The first-order valence-electron chi connectivity index (χ1n) is 11.4. The van der Waals surface area contributed by atoms with Crippen molar-refractivity contribution in [2.75, 3.05) is 13.2 Å². The second kappa shape index (κ2) is 12.8. The minimum Gasteiger partial charge on any atom is -0.394 e. The highest BCUT2D eigenvalue weighted by molar-refractivity contribution is 5.94. The fourth-order valence-corrected chi connectivity index (χ4v) is 3.89. The van der Waals surface area contributed by atoms with E-state index in [0.717, 1.165) is 0 Å². The highest BCUT2D eigenvalue weighted by Crippen LogP contribution is 2.18. The molecule has 1 saturated heterocycles. The minimum absolute atomic E-state index is 0.0530. The van der Waals surface area contributed by atoms with Gasteiger partial charge in [-0.25, -0.2) is 4.98 Å². The summed E-state index contributed by atoms with van der Waals surface area (Å²) in [4.78, 5) is 70.0. The molecule has 4 atom stereocenters. The Balaban J connectivity index is 2.16. The maximum atomic E-state index is 13.2. The lowest BCUT2D eigenvalue weighted by Crippen LogP contribution is -2.58. The third kappa shape index (κ3) is 7.65. The third-order valence-electron chi connectivity index (χ3n) is 5.60. The Kier molecular flexibility index (Phi) is 10.2. The van der Waals surface area contributed by atoms with E-state index in [1.54, 1.807) is 0 Å². The molecule has 0 saturated carbocycles. The Morgan fingerprint density at radius 3 is 2.47 bits per heavy atom. The Morgan fingerprint density at radius 2 is 1.91 bits per heavy atom. The van der Waals surface area contributed by atoms with Gasteiger partial charge in [0.1, 0.15) is 30.5 Å². The summed E-state index contributed by atoms with van der Waals surface area (Å²) in [5, 5.41) is 17.0. The van der Waals surface area contributed by atoms with Gasteiger partial charge < -0.3 is 35.7 Å². The van der Waals surface area contributed by atoms with E-state index in [0.29, 0.717) is 37.8 Å². The van der Waals surface area contributed by atoms with Crippen LogP contribution in [-0.4, -0.2) is 87.2 Å². The van der Waals surface area contributed by atoms with Crippen molar-refractivity contribution >= 4 is 29.9 Å². The summed E-state index contributed by atoms with van der Waals surface area (Å²) in [7, 11) is 0. The number of aliphatic hydroxyl groups excluding tert-OH is 1.